The number of nitro benzene ring substituents is 1. The van der Waals surface area contributed by atoms with E-state index >= 15 is 0 Å². The second-order valence-corrected chi connectivity index (χ2v) is 8.60. The number of aromatic nitrogens is 2. The Bertz CT molecular complexity index is 1760. The van der Waals surface area contributed by atoms with Gasteiger partial charge in [0.2, 0.25) is 5.71 Å². The molecule has 0 fully saturated rings. The molecule has 0 aliphatic carbocycles. The summed E-state index contributed by atoms with van der Waals surface area (Å²) in [6.07, 6.45) is 3.05. The summed E-state index contributed by atoms with van der Waals surface area (Å²) in [4.78, 5) is 24.0. The zero-order valence-corrected chi connectivity index (χ0v) is 20.1. The average molecular weight is 497 g/mol. The fourth-order valence-corrected chi connectivity index (χ4v) is 4.36. The molecule has 0 radical (unpaired) electrons. The van der Waals surface area contributed by atoms with Gasteiger partial charge < -0.3 is 4.42 Å². The summed E-state index contributed by atoms with van der Waals surface area (Å²) in [5.74, 6) is 1.13. The van der Waals surface area contributed by atoms with Gasteiger partial charge in [0.1, 0.15) is 12.1 Å². The van der Waals surface area contributed by atoms with Gasteiger partial charge in [-0.25, -0.2) is 15.0 Å². The Morgan fingerprint density at radius 2 is 1.32 bits per heavy atom. The number of non-ortho nitro benzene ring substituents is 1. The second-order valence-electron chi connectivity index (χ2n) is 8.60. The quantitative estimate of drug-likeness (QED) is 0.133. The van der Waals surface area contributed by atoms with Gasteiger partial charge in [-0.3, -0.25) is 10.1 Å². The van der Waals surface area contributed by atoms with Crippen molar-refractivity contribution in [3.8, 4) is 33.6 Å². The van der Waals surface area contributed by atoms with Gasteiger partial charge in [0.15, 0.2) is 5.82 Å². The molecule has 7 heteroatoms. The average Bonchev–Trinajstić information content (AvgIpc) is 3.38. The van der Waals surface area contributed by atoms with Crippen molar-refractivity contribution in [2.75, 3.05) is 0 Å². The van der Waals surface area contributed by atoms with E-state index in [1.54, 1.807) is 18.3 Å². The Labute approximate surface area is 217 Å². The minimum Gasteiger partial charge on any atom is -0.437 e. The number of rotatable bonds is 6. The van der Waals surface area contributed by atoms with Gasteiger partial charge in [-0.2, -0.15) is 0 Å². The van der Waals surface area contributed by atoms with Crippen molar-refractivity contribution in [3.05, 3.63) is 131 Å². The fraction of sp³-hybridized carbons (Fsp3) is 0. The van der Waals surface area contributed by atoms with Crippen molar-refractivity contribution in [3.63, 3.8) is 0 Å². The first-order valence-electron chi connectivity index (χ1n) is 11.9. The van der Waals surface area contributed by atoms with Gasteiger partial charge in [-0.1, -0.05) is 84.9 Å². The summed E-state index contributed by atoms with van der Waals surface area (Å²) in [6, 6.07) is 34.6. The van der Waals surface area contributed by atoms with Crippen LogP contribution in [0.15, 0.2) is 125 Å². The highest BCUT2D eigenvalue weighted by Gasteiger charge is 2.22. The molecule has 4 aromatic carbocycles. The monoisotopic (exact) mass is 496 g/mol. The van der Waals surface area contributed by atoms with Crippen molar-refractivity contribution in [1.82, 2.24) is 9.97 Å². The van der Waals surface area contributed by atoms with Crippen LogP contribution in [0.25, 0.3) is 44.7 Å². The van der Waals surface area contributed by atoms with Crippen LogP contribution in [0.1, 0.15) is 5.56 Å². The molecule has 6 rings (SSSR count). The zero-order chi connectivity index (χ0) is 25.9. The molecule has 0 saturated heterocycles. The van der Waals surface area contributed by atoms with Crippen LogP contribution in [0.3, 0.4) is 0 Å². The van der Waals surface area contributed by atoms with Crippen LogP contribution in [-0.2, 0) is 0 Å². The van der Waals surface area contributed by atoms with E-state index in [4.69, 9.17) is 4.42 Å². The maximum Gasteiger partial charge on any atom is 0.269 e. The van der Waals surface area contributed by atoms with E-state index in [9.17, 15) is 10.1 Å². The first kappa shape index (κ1) is 23.0. The van der Waals surface area contributed by atoms with Crippen molar-refractivity contribution >= 4 is 28.8 Å². The number of furan rings is 1. The van der Waals surface area contributed by atoms with Crippen molar-refractivity contribution in [2.24, 2.45) is 4.99 Å². The highest BCUT2D eigenvalue weighted by molar-refractivity contribution is 6.06. The van der Waals surface area contributed by atoms with E-state index in [1.807, 2.05) is 60.7 Å². The third kappa shape index (κ3) is 4.44. The lowest BCUT2D eigenvalue weighted by Gasteiger charge is -2.06. The van der Waals surface area contributed by atoms with Gasteiger partial charge in [-0.05, 0) is 34.4 Å². The van der Waals surface area contributed by atoms with Gasteiger partial charge >= 0.3 is 0 Å². The molecular weight excluding hydrogens is 476 g/mol. The molecule has 0 saturated carbocycles. The van der Waals surface area contributed by atoms with E-state index in [2.05, 4.69) is 39.2 Å². The number of aliphatic imine (C=N–C) groups is 1. The Morgan fingerprint density at radius 3 is 1.97 bits per heavy atom. The summed E-state index contributed by atoms with van der Waals surface area (Å²) < 4.78 is 6.32. The molecule has 0 atom stereocenters. The molecule has 0 aliphatic heterocycles. The lowest BCUT2D eigenvalue weighted by Crippen LogP contribution is -1.89. The Balaban J connectivity index is 1.47. The number of nitrogens with zero attached hydrogens (tertiary/aromatic N) is 4. The number of nitro groups is 1. The third-order valence-corrected chi connectivity index (χ3v) is 6.22. The van der Waals surface area contributed by atoms with Crippen LogP contribution in [0.4, 0.5) is 11.5 Å². The summed E-state index contributed by atoms with van der Waals surface area (Å²) in [7, 11) is 0. The first-order chi connectivity index (χ1) is 18.7. The first-order valence-corrected chi connectivity index (χ1v) is 11.9. The fourth-order valence-electron chi connectivity index (χ4n) is 4.36. The molecule has 6 aromatic rings. The highest BCUT2D eigenvalue weighted by atomic mass is 16.6. The second kappa shape index (κ2) is 9.91. The molecule has 7 nitrogen and oxygen atoms in total. The van der Waals surface area contributed by atoms with E-state index < -0.39 is 4.92 Å². The topological polar surface area (TPSA) is 94.4 Å². The molecule has 2 aromatic heterocycles. The highest BCUT2D eigenvalue weighted by Crippen LogP contribution is 2.43. The van der Waals surface area contributed by atoms with Gasteiger partial charge in [0.25, 0.3) is 5.69 Å². The standard InChI is InChI=1S/C31H20N4O3/c36-35(37)26-17-11-21(12-18-26)19-32-30-28-27(24-9-5-2-6-10-24)29(38-31(28)34-20-33-30)25-15-13-23(14-16-25)22-7-3-1-4-8-22/h1-20H. The molecule has 0 N–H and O–H groups in total. The molecule has 0 bridgehead atoms. The van der Waals surface area contributed by atoms with Crippen molar-refractivity contribution in [2.45, 2.75) is 0 Å². The smallest absolute Gasteiger partial charge is 0.269 e. The van der Waals surface area contributed by atoms with Gasteiger partial charge in [-0.15, -0.1) is 0 Å². The van der Waals surface area contributed by atoms with E-state index in [-0.39, 0.29) is 5.69 Å². The molecular formula is C31H20N4O3. The van der Waals surface area contributed by atoms with Gasteiger partial charge in [0, 0.05) is 29.5 Å². The van der Waals surface area contributed by atoms with E-state index in [0.717, 1.165) is 27.8 Å². The normalized spacial score (nSPS) is 11.3. The molecule has 0 unspecified atom stereocenters. The predicted octanol–water partition coefficient (Wildman–Crippen LogP) is 7.88. The summed E-state index contributed by atoms with van der Waals surface area (Å²) >= 11 is 0. The summed E-state index contributed by atoms with van der Waals surface area (Å²) in [5.41, 5.74) is 6.13. The third-order valence-electron chi connectivity index (χ3n) is 6.22. The van der Waals surface area contributed by atoms with Crippen LogP contribution >= 0.6 is 0 Å². The Kier molecular flexibility index (Phi) is 6.00. The summed E-state index contributed by atoms with van der Waals surface area (Å²) in [6.45, 7) is 0. The lowest BCUT2D eigenvalue weighted by molar-refractivity contribution is -0.384. The molecule has 38 heavy (non-hydrogen) atoms. The number of benzene rings is 4. The Morgan fingerprint density at radius 1 is 0.711 bits per heavy atom. The number of hydrogen-bond donors (Lipinski definition) is 0. The van der Waals surface area contributed by atoms with E-state index in [0.29, 0.717) is 28.2 Å². The van der Waals surface area contributed by atoms with Crippen LogP contribution in [-0.4, -0.2) is 21.1 Å². The van der Waals surface area contributed by atoms with E-state index in [1.165, 1.54) is 18.5 Å². The van der Waals surface area contributed by atoms with Crippen LogP contribution < -0.4 is 0 Å². The number of hydrogen-bond acceptors (Lipinski definition) is 6. The molecule has 0 spiro atoms. The SMILES string of the molecule is O=[N+]([O-])c1ccc(C=Nc2ncnc3oc(-c4ccc(-c5ccccc5)cc4)c(-c4ccccc4)c23)cc1. The minimum atomic E-state index is -0.430. The summed E-state index contributed by atoms with van der Waals surface area (Å²) in [5, 5.41) is 11.7. The van der Waals surface area contributed by atoms with Crippen molar-refractivity contribution in [1.29, 1.82) is 0 Å². The maximum atomic E-state index is 11.0. The minimum absolute atomic E-state index is 0.0238. The van der Waals surface area contributed by atoms with Gasteiger partial charge in [0.05, 0.1) is 10.3 Å². The van der Waals surface area contributed by atoms with Crippen molar-refractivity contribution < 1.29 is 9.34 Å². The predicted molar refractivity (Wildman–Crippen MR) is 148 cm³/mol. The van der Waals surface area contributed by atoms with Crippen LogP contribution in [0, 0.1) is 10.1 Å². The largest absolute Gasteiger partial charge is 0.437 e. The van der Waals surface area contributed by atoms with Crippen LogP contribution in [0.2, 0.25) is 0 Å². The molecule has 0 amide bonds. The molecule has 0 aliphatic rings. The number of fused-ring (bicyclic) bond motifs is 1. The Hall–Kier alpha value is -5.43. The maximum absolute atomic E-state index is 11.0. The van der Waals surface area contributed by atoms with Crippen LogP contribution in [0.5, 0.6) is 0 Å². The zero-order valence-electron chi connectivity index (χ0n) is 20.1. The lowest BCUT2D eigenvalue weighted by atomic mass is 9.97. The molecule has 2 heterocycles. The molecule has 182 valence electrons.